The van der Waals surface area contributed by atoms with Gasteiger partial charge in [0.1, 0.15) is 5.75 Å². The van der Waals surface area contributed by atoms with E-state index in [1.807, 2.05) is 12.1 Å². The summed E-state index contributed by atoms with van der Waals surface area (Å²) >= 11 is 6.50. The fourth-order valence-corrected chi connectivity index (χ4v) is 7.00. The molecule has 3 N–H and O–H groups in total. The van der Waals surface area contributed by atoms with Gasteiger partial charge in [0, 0.05) is 30.0 Å². The summed E-state index contributed by atoms with van der Waals surface area (Å²) in [5.74, 6) is 2.16. The lowest BCUT2D eigenvalue weighted by Gasteiger charge is -2.31. The van der Waals surface area contributed by atoms with Crippen molar-refractivity contribution in [3.8, 4) is 5.75 Å². The Morgan fingerprint density at radius 2 is 1.80 bits per heavy atom. The summed E-state index contributed by atoms with van der Waals surface area (Å²) in [6.45, 7) is 30.2. The normalized spacial score (nSPS) is 28.6. The third-order valence-electron chi connectivity index (χ3n) is 9.60. The predicted molar refractivity (Wildman–Crippen MR) is 196 cm³/mol. The highest BCUT2D eigenvalue weighted by Crippen LogP contribution is 2.36. The SMILES string of the molecule is C=C1C[C@@H]2CC(=C)C(CC(=C)C(C)CNC(=C)[C@@H](Cc3ccc(OC)c(Cl)c3)N1)CC(C)N[C@H](C(C)/C=C/C(/C=C\C)=C/C)C2. The maximum atomic E-state index is 6.50. The quantitative estimate of drug-likeness (QED) is 0.207. The first-order valence-corrected chi connectivity index (χ1v) is 17.1. The van der Waals surface area contributed by atoms with Crippen molar-refractivity contribution < 1.29 is 4.74 Å². The van der Waals surface area contributed by atoms with Crippen molar-refractivity contribution in [2.24, 2.45) is 23.7 Å². The van der Waals surface area contributed by atoms with Gasteiger partial charge < -0.3 is 20.7 Å². The van der Waals surface area contributed by atoms with Gasteiger partial charge in [0.25, 0.3) is 0 Å². The van der Waals surface area contributed by atoms with Crippen LogP contribution in [0.5, 0.6) is 5.75 Å². The average Bonchev–Trinajstić information content (AvgIpc) is 3.04. The molecule has 0 spiro atoms. The highest BCUT2D eigenvalue weighted by Gasteiger charge is 2.30. The Morgan fingerprint density at radius 1 is 1.04 bits per heavy atom. The first kappa shape index (κ1) is 36.5. The summed E-state index contributed by atoms with van der Waals surface area (Å²) in [6, 6.07) is 6.66. The summed E-state index contributed by atoms with van der Waals surface area (Å²) in [7, 11) is 1.64. The van der Waals surface area contributed by atoms with Crippen LogP contribution in [-0.4, -0.2) is 31.8 Å². The van der Waals surface area contributed by atoms with E-state index in [9.17, 15) is 0 Å². The molecule has 0 amide bonds. The molecule has 4 nitrogen and oxygen atoms in total. The molecule has 2 fully saturated rings. The monoisotopic (exact) mass is 631 g/mol. The van der Waals surface area contributed by atoms with Gasteiger partial charge in [0.05, 0.1) is 18.2 Å². The smallest absolute Gasteiger partial charge is 0.137 e. The van der Waals surface area contributed by atoms with Gasteiger partial charge in [-0.15, -0.1) is 0 Å². The number of halogens is 1. The van der Waals surface area contributed by atoms with Gasteiger partial charge in [0.2, 0.25) is 0 Å². The van der Waals surface area contributed by atoms with Crippen molar-refractivity contribution in [3.05, 3.63) is 114 Å². The van der Waals surface area contributed by atoms with E-state index < -0.39 is 0 Å². The maximum Gasteiger partial charge on any atom is 0.137 e. The van der Waals surface area contributed by atoms with E-state index in [2.05, 4.69) is 107 Å². The Bertz CT molecular complexity index is 1290. The minimum atomic E-state index is -0.0423. The number of hydrogen-bond acceptors (Lipinski definition) is 4. The van der Waals surface area contributed by atoms with E-state index in [0.29, 0.717) is 46.5 Å². The fourth-order valence-electron chi connectivity index (χ4n) is 6.72. The van der Waals surface area contributed by atoms with E-state index in [-0.39, 0.29) is 6.04 Å². The number of hydrogen-bond donors (Lipinski definition) is 3. The van der Waals surface area contributed by atoms with Crippen molar-refractivity contribution in [2.75, 3.05) is 13.7 Å². The first-order chi connectivity index (χ1) is 21.4. The molecule has 3 rings (SSSR count). The van der Waals surface area contributed by atoms with Gasteiger partial charge in [-0.05, 0) is 106 Å². The molecule has 0 aliphatic carbocycles. The zero-order chi connectivity index (χ0) is 33.1. The van der Waals surface area contributed by atoms with Crippen LogP contribution in [0.4, 0.5) is 0 Å². The number of benzene rings is 1. The number of ether oxygens (including phenoxy) is 1. The number of nitrogens with one attached hydrogen (secondary N) is 3. The van der Waals surface area contributed by atoms with Crippen molar-refractivity contribution in [1.82, 2.24) is 16.0 Å². The zero-order valence-corrected chi connectivity index (χ0v) is 29.5. The van der Waals surface area contributed by atoms with E-state index >= 15 is 0 Å². The van der Waals surface area contributed by atoms with Crippen LogP contribution in [0.15, 0.2) is 103 Å². The Balaban J connectivity index is 1.93. The van der Waals surface area contributed by atoms with Crippen LogP contribution in [0.1, 0.15) is 72.3 Å². The van der Waals surface area contributed by atoms with Crippen LogP contribution in [0, 0.1) is 23.7 Å². The Hall–Kier alpha value is -2.95. The largest absolute Gasteiger partial charge is 0.495 e. The van der Waals surface area contributed by atoms with Crippen LogP contribution in [-0.2, 0) is 6.42 Å². The second-order valence-electron chi connectivity index (χ2n) is 13.4. The van der Waals surface area contributed by atoms with E-state index in [1.165, 1.54) is 16.7 Å². The highest BCUT2D eigenvalue weighted by atomic mass is 35.5. The van der Waals surface area contributed by atoms with Gasteiger partial charge >= 0.3 is 0 Å². The molecule has 2 bridgehead atoms. The Kier molecular flexibility index (Phi) is 14.3. The molecule has 0 aromatic heterocycles. The van der Waals surface area contributed by atoms with Gasteiger partial charge in [-0.1, -0.05) is 99.4 Å². The molecule has 246 valence electrons. The second-order valence-corrected chi connectivity index (χ2v) is 13.8. The molecule has 45 heavy (non-hydrogen) atoms. The number of fused-ring (bicyclic) bond motifs is 3. The van der Waals surface area contributed by atoms with Crippen molar-refractivity contribution >= 4 is 11.6 Å². The third kappa shape index (κ3) is 11.1. The topological polar surface area (TPSA) is 45.3 Å². The van der Waals surface area contributed by atoms with E-state index in [4.69, 9.17) is 22.9 Å². The molecule has 0 radical (unpaired) electrons. The molecule has 1 aromatic rings. The lowest BCUT2D eigenvalue weighted by atomic mass is 9.79. The number of rotatable bonds is 7. The summed E-state index contributed by atoms with van der Waals surface area (Å²) in [5, 5.41) is 12.1. The highest BCUT2D eigenvalue weighted by molar-refractivity contribution is 6.32. The molecule has 2 heterocycles. The molecule has 2 aliphatic heterocycles. The van der Waals surface area contributed by atoms with Gasteiger partial charge in [0.15, 0.2) is 0 Å². The lowest BCUT2D eigenvalue weighted by Crippen LogP contribution is -2.42. The van der Waals surface area contributed by atoms with Crippen LogP contribution < -0.4 is 20.7 Å². The number of allylic oxidation sites excluding steroid dienone is 7. The Labute approximate surface area is 279 Å². The van der Waals surface area contributed by atoms with Gasteiger partial charge in [-0.25, -0.2) is 0 Å². The molecular formula is C40H58ClN3O. The molecule has 5 heteroatoms. The van der Waals surface area contributed by atoms with Crippen LogP contribution in [0.2, 0.25) is 5.02 Å². The fraction of sp³-hybridized carbons (Fsp3) is 0.500. The Morgan fingerprint density at radius 3 is 2.47 bits per heavy atom. The summed E-state index contributed by atoms with van der Waals surface area (Å²) in [5.41, 5.74) is 6.96. The van der Waals surface area contributed by atoms with E-state index in [0.717, 1.165) is 62.0 Å². The van der Waals surface area contributed by atoms with Crippen molar-refractivity contribution in [2.45, 2.75) is 91.3 Å². The second kappa shape index (κ2) is 17.7. The summed E-state index contributed by atoms with van der Waals surface area (Å²) < 4.78 is 5.38. The van der Waals surface area contributed by atoms with Crippen molar-refractivity contribution in [3.63, 3.8) is 0 Å². The first-order valence-electron chi connectivity index (χ1n) is 16.7. The maximum absolute atomic E-state index is 6.50. The molecule has 2 saturated heterocycles. The summed E-state index contributed by atoms with van der Waals surface area (Å²) in [4.78, 5) is 0. The zero-order valence-electron chi connectivity index (χ0n) is 28.7. The molecule has 1 aromatic carbocycles. The lowest BCUT2D eigenvalue weighted by molar-refractivity contribution is 0.308. The van der Waals surface area contributed by atoms with Crippen LogP contribution >= 0.6 is 11.6 Å². The predicted octanol–water partition coefficient (Wildman–Crippen LogP) is 9.49. The minimum Gasteiger partial charge on any atom is -0.495 e. The molecule has 4 unspecified atom stereocenters. The molecular weight excluding hydrogens is 574 g/mol. The van der Waals surface area contributed by atoms with Crippen LogP contribution in [0.3, 0.4) is 0 Å². The van der Waals surface area contributed by atoms with E-state index in [1.54, 1.807) is 7.11 Å². The molecule has 7 atom stereocenters. The molecule has 2 aliphatic rings. The number of methoxy groups -OCH3 is 1. The van der Waals surface area contributed by atoms with Gasteiger partial charge in [-0.2, -0.15) is 0 Å². The minimum absolute atomic E-state index is 0.0423. The standard InChI is InChI=1S/C40H58ClN3O/c1-11-13-33(12-2)15-14-26(3)38-24-35-18-28(5)36(21-31(8)43-38)19-27(4)29(6)25-42-32(9)39(44-30(7)20-35)23-34-16-17-40(45-10)37(41)22-34/h11-17,22,26,29,31,35-36,38-39,42-44H,4-5,7,9,18-21,23-25H2,1-3,6,8,10H3/b13-11-,15-14+,33-12+/t26?,29?,31?,35-,36?,38-,39+/m0/s1. The summed E-state index contributed by atoms with van der Waals surface area (Å²) in [6.07, 6.45) is 16.7. The molecule has 0 saturated carbocycles. The van der Waals surface area contributed by atoms with Crippen molar-refractivity contribution in [1.29, 1.82) is 0 Å². The van der Waals surface area contributed by atoms with Crippen LogP contribution in [0.25, 0.3) is 0 Å². The third-order valence-corrected chi connectivity index (χ3v) is 9.90. The average molecular weight is 632 g/mol. The van der Waals surface area contributed by atoms with Gasteiger partial charge in [-0.3, -0.25) is 0 Å².